The number of phenols is 1. The smallest absolute Gasteiger partial charge is 0.141 e. The van der Waals surface area contributed by atoms with Gasteiger partial charge in [-0.2, -0.15) is 0 Å². The van der Waals surface area contributed by atoms with Crippen molar-refractivity contribution < 1.29 is 5.11 Å². The topological polar surface area (TPSA) is 26.7 Å². The van der Waals surface area contributed by atoms with Crippen LogP contribution in [0.1, 0.15) is 5.56 Å². The van der Waals surface area contributed by atoms with Gasteiger partial charge in [0.05, 0.1) is 12.4 Å². The Morgan fingerprint density at radius 1 is 1.23 bits per heavy atom. The van der Waals surface area contributed by atoms with Crippen molar-refractivity contribution in [1.82, 2.24) is 0 Å². The number of aromatic hydroxyl groups is 1. The molecule has 0 aliphatic carbocycles. The monoisotopic (exact) mass is 178 g/mol. The number of benzene rings is 1. The molecule has 0 aromatic heterocycles. The van der Waals surface area contributed by atoms with Crippen molar-refractivity contribution in [3.63, 3.8) is 0 Å². The van der Waals surface area contributed by atoms with Gasteiger partial charge in [-0.25, -0.2) is 0 Å². The number of rotatable bonds is 0. The van der Waals surface area contributed by atoms with E-state index >= 15 is 0 Å². The minimum absolute atomic E-state index is 0.377. The summed E-state index contributed by atoms with van der Waals surface area (Å²) in [5.74, 6) is 0.377. The molecule has 2 rings (SSSR count). The summed E-state index contributed by atoms with van der Waals surface area (Å²) in [6.07, 6.45) is 0. The number of anilines is 2. The summed E-state index contributed by atoms with van der Waals surface area (Å²) >= 11 is 0. The fourth-order valence-electron chi connectivity index (χ4n) is 1.89. The maximum atomic E-state index is 9.73. The normalized spacial score (nSPS) is 15.0. The molecule has 0 spiro atoms. The van der Waals surface area contributed by atoms with E-state index in [1.807, 2.05) is 25.9 Å². The highest BCUT2D eigenvalue weighted by Gasteiger charge is 2.23. The second-order valence-corrected chi connectivity index (χ2v) is 3.69. The zero-order valence-electron chi connectivity index (χ0n) is 8.20. The van der Waals surface area contributed by atoms with E-state index in [-0.39, 0.29) is 0 Å². The van der Waals surface area contributed by atoms with Crippen molar-refractivity contribution >= 4 is 11.4 Å². The number of hydrogen-bond donors (Lipinski definition) is 1. The molecule has 0 unspecified atom stereocenters. The molecule has 1 N–H and O–H groups in total. The first-order valence-corrected chi connectivity index (χ1v) is 4.35. The predicted octanol–water partition coefficient (Wildman–Crippen LogP) is 1.54. The summed E-state index contributed by atoms with van der Waals surface area (Å²) in [4.78, 5) is 4.17. The molecule has 0 amide bonds. The van der Waals surface area contributed by atoms with Crippen molar-refractivity contribution in [1.29, 1.82) is 0 Å². The van der Waals surface area contributed by atoms with E-state index in [9.17, 15) is 5.11 Å². The number of aryl methyl sites for hydroxylation is 1. The predicted molar refractivity (Wildman–Crippen MR) is 54.5 cm³/mol. The summed E-state index contributed by atoms with van der Waals surface area (Å²) in [5, 5.41) is 9.73. The van der Waals surface area contributed by atoms with Gasteiger partial charge in [0.25, 0.3) is 0 Å². The van der Waals surface area contributed by atoms with Crippen molar-refractivity contribution in [3.8, 4) is 5.75 Å². The Bertz CT molecular complexity index is 349. The molecule has 0 bridgehead atoms. The van der Waals surface area contributed by atoms with Crippen LogP contribution in [-0.4, -0.2) is 25.9 Å². The van der Waals surface area contributed by atoms with Gasteiger partial charge >= 0.3 is 0 Å². The van der Waals surface area contributed by atoms with E-state index in [2.05, 4.69) is 11.0 Å². The SMILES string of the molecule is Cc1cc(O)c2c(c1)N(C)CN2C. The van der Waals surface area contributed by atoms with E-state index in [1.165, 1.54) is 0 Å². The van der Waals surface area contributed by atoms with Gasteiger partial charge in [-0.3, -0.25) is 0 Å². The largest absolute Gasteiger partial charge is 0.506 e. The lowest BCUT2D eigenvalue weighted by Gasteiger charge is -2.12. The van der Waals surface area contributed by atoms with E-state index in [0.717, 1.165) is 23.6 Å². The van der Waals surface area contributed by atoms with Gasteiger partial charge < -0.3 is 14.9 Å². The molecule has 1 heterocycles. The highest BCUT2D eigenvalue weighted by molar-refractivity contribution is 5.81. The standard InChI is InChI=1S/C10H14N2O/c1-7-4-8-10(9(13)5-7)12(3)6-11(8)2/h4-5,13H,6H2,1-3H3. The molecule has 0 saturated carbocycles. The first kappa shape index (κ1) is 8.23. The van der Waals surface area contributed by atoms with E-state index in [0.29, 0.717) is 5.75 Å². The molecule has 3 heteroatoms. The van der Waals surface area contributed by atoms with Crippen LogP contribution in [0.2, 0.25) is 0 Å². The minimum atomic E-state index is 0.377. The molecular formula is C10H14N2O. The third kappa shape index (κ3) is 1.11. The average molecular weight is 178 g/mol. The van der Waals surface area contributed by atoms with Gasteiger partial charge in [0.2, 0.25) is 0 Å². The van der Waals surface area contributed by atoms with Crippen LogP contribution in [0, 0.1) is 6.92 Å². The molecule has 0 radical (unpaired) electrons. The quantitative estimate of drug-likeness (QED) is 0.653. The molecule has 0 atom stereocenters. The first-order chi connectivity index (χ1) is 6.09. The number of nitrogens with zero attached hydrogens (tertiary/aromatic N) is 2. The highest BCUT2D eigenvalue weighted by atomic mass is 16.3. The Labute approximate surface area is 78.2 Å². The Kier molecular flexibility index (Phi) is 1.62. The molecule has 1 aliphatic rings. The summed E-state index contributed by atoms with van der Waals surface area (Å²) in [7, 11) is 4.01. The molecule has 0 saturated heterocycles. The van der Waals surface area contributed by atoms with Crippen molar-refractivity contribution in [2.24, 2.45) is 0 Å². The van der Waals surface area contributed by atoms with Gasteiger partial charge in [0, 0.05) is 14.1 Å². The molecule has 13 heavy (non-hydrogen) atoms. The lowest BCUT2D eigenvalue weighted by atomic mass is 10.1. The fourth-order valence-corrected chi connectivity index (χ4v) is 1.89. The van der Waals surface area contributed by atoms with Crippen LogP contribution in [0.25, 0.3) is 0 Å². The minimum Gasteiger partial charge on any atom is -0.506 e. The Morgan fingerprint density at radius 3 is 2.62 bits per heavy atom. The first-order valence-electron chi connectivity index (χ1n) is 4.35. The van der Waals surface area contributed by atoms with Crippen molar-refractivity contribution in [2.75, 3.05) is 30.6 Å². The Morgan fingerprint density at radius 2 is 1.92 bits per heavy atom. The van der Waals surface area contributed by atoms with E-state index in [4.69, 9.17) is 0 Å². The van der Waals surface area contributed by atoms with Gasteiger partial charge in [-0.15, -0.1) is 0 Å². The zero-order valence-corrected chi connectivity index (χ0v) is 8.20. The fraction of sp³-hybridized carbons (Fsp3) is 0.400. The Hall–Kier alpha value is -1.38. The maximum Gasteiger partial charge on any atom is 0.141 e. The van der Waals surface area contributed by atoms with Crippen molar-refractivity contribution in [3.05, 3.63) is 17.7 Å². The van der Waals surface area contributed by atoms with Gasteiger partial charge in [-0.1, -0.05) is 0 Å². The van der Waals surface area contributed by atoms with Crippen molar-refractivity contribution in [2.45, 2.75) is 6.92 Å². The van der Waals surface area contributed by atoms with Gasteiger partial charge in [0.15, 0.2) is 0 Å². The van der Waals surface area contributed by atoms with Crippen LogP contribution in [-0.2, 0) is 0 Å². The molecule has 70 valence electrons. The third-order valence-electron chi connectivity index (χ3n) is 2.43. The van der Waals surface area contributed by atoms with Crippen LogP contribution in [0.5, 0.6) is 5.75 Å². The second-order valence-electron chi connectivity index (χ2n) is 3.69. The van der Waals surface area contributed by atoms with Gasteiger partial charge in [0.1, 0.15) is 11.4 Å². The molecular weight excluding hydrogens is 164 g/mol. The molecule has 1 aromatic carbocycles. The third-order valence-corrected chi connectivity index (χ3v) is 2.43. The van der Waals surface area contributed by atoms with E-state index < -0.39 is 0 Å². The lowest BCUT2D eigenvalue weighted by molar-refractivity contribution is 0.476. The van der Waals surface area contributed by atoms with Crippen LogP contribution >= 0.6 is 0 Å². The number of phenolic OH excluding ortho intramolecular Hbond substituents is 1. The average Bonchev–Trinajstić information content (AvgIpc) is 2.27. The summed E-state index contributed by atoms with van der Waals surface area (Å²) in [6.45, 7) is 2.83. The van der Waals surface area contributed by atoms with Crippen LogP contribution in [0.4, 0.5) is 11.4 Å². The zero-order chi connectivity index (χ0) is 9.59. The van der Waals surface area contributed by atoms with Crippen LogP contribution in [0.15, 0.2) is 12.1 Å². The summed E-state index contributed by atoms with van der Waals surface area (Å²) < 4.78 is 0. The maximum absolute atomic E-state index is 9.73. The molecule has 3 nitrogen and oxygen atoms in total. The molecule has 1 aliphatic heterocycles. The molecule has 1 aromatic rings. The van der Waals surface area contributed by atoms with Crippen LogP contribution < -0.4 is 9.80 Å². The van der Waals surface area contributed by atoms with Crippen LogP contribution in [0.3, 0.4) is 0 Å². The summed E-state index contributed by atoms with van der Waals surface area (Å²) in [6, 6.07) is 3.90. The second kappa shape index (κ2) is 2.55. The number of hydrogen-bond acceptors (Lipinski definition) is 3. The highest BCUT2D eigenvalue weighted by Crippen LogP contribution is 2.41. The van der Waals surface area contributed by atoms with E-state index in [1.54, 1.807) is 6.07 Å². The summed E-state index contributed by atoms with van der Waals surface area (Å²) in [5.41, 5.74) is 3.14. The molecule has 0 fully saturated rings. The van der Waals surface area contributed by atoms with Gasteiger partial charge in [-0.05, 0) is 24.6 Å². The number of fused-ring (bicyclic) bond motifs is 1. The Balaban J connectivity index is 2.63. The lowest BCUT2D eigenvalue weighted by Crippen LogP contribution is -2.23.